The highest BCUT2D eigenvalue weighted by molar-refractivity contribution is 5.90. The fourth-order valence-corrected chi connectivity index (χ4v) is 3.01. The van der Waals surface area contributed by atoms with Crippen molar-refractivity contribution < 1.29 is 4.39 Å². The van der Waals surface area contributed by atoms with Gasteiger partial charge in [-0.15, -0.1) is 0 Å². The molecule has 0 spiro atoms. The number of aryl methyl sites for hydroxylation is 1. The second-order valence-electron chi connectivity index (χ2n) is 6.00. The van der Waals surface area contributed by atoms with Crippen LogP contribution in [0.2, 0.25) is 0 Å². The Morgan fingerprint density at radius 2 is 1.77 bits per heavy atom. The molecule has 0 atom stereocenters. The Morgan fingerprint density at radius 3 is 2.42 bits per heavy atom. The lowest BCUT2D eigenvalue weighted by Crippen LogP contribution is -1.99. The molecule has 3 aromatic rings. The van der Waals surface area contributed by atoms with Gasteiger partial charge in [0.25, 0.3) is 0 Å². The topological polar surface area (TPSA) is 52.5 Å². The first-order valence-corrected chi connectivity index (χ1v) is 8.10. The maximum Gasteiger partial charge on any atom is 0.123 e. The Kier molecular flexibility index (Phi) is 4.69. The Labute approximate surface area is 151 Å². The van der Waals surface area contributed by atoms with Gasteiger partial charge in [-0.05, 0) is 73.5 Å². The molecule has 0 amide bonds. The number of nitriles is 2. The summed E-state index contributed by atoms with van der Waals surface area (Å²) in [5.41, 5.74) is 5.43. The Balaban J connectivity index is 2.08. The molecule has 3 rings (SSSR count). The van der Waals surface area contributed by atoms with Gasteiger partial charge in [0.15, 0.2) is 0 Å². The summed E-state index contributed by atoms with van der Waals surface area (Å²) >= 11 is 0. The van der Waals surface area contributed by atoms with Crippen molar-refractivity contribution >= 4 is 11.6 Å². The number of aromatic nitrogens is 1. The summed E-state index contributed by atoms with van der Waals surface area (Å²) < 4.78 is 15.2. The molecule has 0 saturated heterocycles. The maximum absolute atomic E-state index is 13.2. The van der Waals surface area contributed by atoms with Crippen molar-refractivity contribution in [3.8, 4) is 17.8 Å². The van der Waals surface area contributed by atoms with E-state index in [1.807, 2.05) is 36.6 Å². The summed E-state index contributed by atoms with van der Waals surface area (Å²) in [4.78, 5) is 0. The van der Waals surface area contributed by atoms with Gasteiger partial charge < -0.3 is 4.57 Å². The number of hydrogen-bond donors (Lipinski definition) is 0. The second-order valence-corrected chi connectivity index (χ2v) is 6.00. The van der Waals surface area contributed by atoms with E-state index in [0.29, 0.717) is 16.7 Å². The molecule has 1 heterocycles. The highest BCUT2D eigenvalue weighted by Gasteiger charge is 2.11. The summed E-state index contributed by atoms with van der Waals surface area (Å²) in [5, 5.41) is 18.6. The third kappa shape index (κ3) is 3.27. The summed E-state index contributed by atoms with van der Waals surface area (Å²) in [6.45, 7) is 3.93. The van der Waals surface area contributed by atoms with Crippen LogP contribution >= 0.6 is 0 Å². The van der Waals surface area contributed by atoms with Gasteiger partial charge in [0.1, 0.15) is 5.82 Å². The molecule has 0 fully saturated rings. The minimum atomic E-state index is -0.277. The standard InChI is InChI=1S/C22H16FN3/c1-15-10-19(16(2)26(15)22-8-6-21(23)7-9-22)12-20(14-25)18-5-3-4-17(11-18)13-24/h3-12H,1-2H3/b20-12-. The van der Waals surface area contributed by atoms with Crippen molar-refractivity contribution in [2.24, 2.45) is 0 Å². The van der Waals surface area contributed by atoms with Crippen LogP contribution in [-0.4, -0.2) is 4.57 Å². The lowest BCUT2D eigenvalue weighted by molar-refractivity contribution is 0.627. The molecule has 0 aliphatic carbocycles. The van der Waals surface area contributed by atoms with E-state index in [1.54, 1.807) is 30.3 Å². The van der Waals surface area contributed by atoms with E-state index in [0.717, 1.165) is 22.6 Å². The van der Waals surface area contributed by atoms with E-state index < -0.39 is 0 Å². The number of halogens is 1. The summed E-state index contributed by atoms with van der Waals surface area (Å²) in [7, 11) is 0. The predicted molar refractivity (Wildman–Crippen MR) is 99.8 cm³/mol. The smallest absolute Gasteiger partial charge is 0.123 e. The van der Waals surface area contributed by atoms with Gasteiger partial charge in [-0.3, -0.25) is 0 Å². The Morgan fingerprint density at radius 1 is 1.04 bits per heavy atom. The van der Waals surface area contributed by atoms with Crippen LogP contribution < -0.4 is 0 Å². The van der Waals surface area contributed by atoms with Gasteiger partial charge in [-0.25, -0.2) is 4.39 Å². The summed E-state index contributed by atoms with van der Waals surface area (Å²) in [5.74, 6) is -0.277. The van der Waals surface area contributed by atoms with Crippen molar-refractivity contribution in [2.45, 2.75) is 13.8 Å². The molecule has 1 aromatic heterocycles. The van der Waals surface area contributed by atoms with E-state index in [4.69, 9.17) is 5.26 Å². The molecule has 0 aliphatic rings. The van der Waals surface area contributed by atoms with Gasteiger partial charge in [0, 0.05) is 17.1 Å². The third-order valence-corrected chi connectivity index (χ3v) is 4.28. The van der Waals surface area contributed by atoms with Gasteiger partial charge in [-0.2, -0.15) is 10.5 Å². The molecule has 3 nitrogen and oxygen atoms in total. The van der Waals surface area contributed by atoms with E-state index >= 15 is 0 Å². The molecule has 26 heavy (non-hydrogen) atoms. The Hall–Kier alpha value is -3.63. The van der Waals surface area contributed by atoms with Crippen molar-refractivity contribution in [3.63, 3.8) is 0 Å². The minimum Gasteiger partial charge on any atom is -0.318 e. The van der Waals surface area contributed by atoms with Gasteiger partial charge in [0.2, 0.25) is 0 Å². The van der Waals surface area contributed by atoms with Gasteiger partial charge in [0.05, 0.1) is 23.3 Å². The molecule has 0 N–H and O–H groups in total. The average Bonchev–Trinajstić information content (AvgIpc) is 2.94. The van der Waals surface area contributed by atoms with Gasteiger partial charge in [-0.1, -0.05) is 12.1 Å². The fraction of sp³-hybridized carbons (Fsp3) is 0.0909. The van der Waals surface area contributed by atoms with E-state index in [9.17, 15) is 9.65 Å². The number of benzene rings is 2. The zero-order chi connectivity index (χ0) is 18.7. The molecule has 0 saturated carbocycles. The van der Waals surface area contributed by atoms with Crippen LogP contribution in [-0.2, 0) is 0 Å². The van der Waals surface area contributed by atoms with Crippen LogP contribution in [0.15, 0.2) is 54.6 Å². The van der Waals surface area contributed by atoms with Crippen LogP contribution in [0.1, 0.15) is 28.1 Å². The van der Waals surface area contributed by atoms with E-state index in [-0.39, 0.29) is 5.82 Å². The highest BCUT2D eigenvalue weighted by Crippen LogP contribution is 2.25. The van der Waals surface area contributed by atoms with E-state index in [2.05, 4.69) is 12.1 Å². The predicted octanol–water partition coefficient (Wildman–Crippen LogP) is 5.17. The van der Waals surface area contributed by atoms with Crippen LogP contribution in [0.25, 0.3) is 17.3 Å². The first-order valence-electron chi connectivity index (χ1n) is 8.10. The van der Waals surface area contributed by atoms with Crippen LogP contribution in [0.5, 0.6) is 0 Å². The van der Waals surface area contributed by atoms with E-state index in [1.165, 1.54) is 12.1 Å². The first kappa shape index (κ1) is 17.2. The lowest BCUT2D eigenvalue weighted by Gasteiger charge is -2.09. The van der Waals surface area contributed by atoms with Crippen molar-refractivity contribution in [2.75, 3.05) is 0 Å². The first-order chi connectivity index (χ1) is 12.5. The zero-order valence-corrected chi connectivity index (χ0v) is 14.5. The molecule has 0 unspecified atom stereocenters. The van der Waals surface area contributed by atoms with Gasteiger partial charge >= 0.3 is 0 Å². The fourth-order valence-electron chi connectivity index (χ4n) is 3.01. The monoisotopic (exact) mass is 341 g/mol. The van der Waals surface area contributed by atoms with Crippen LogP contribution in [0, 0.1) is 42.3 Å². The maximum atomic E-state index is 13.2. The van der Waals surface area contributed by atoms with Crippen LogP contribution in [0.3, 0.4) is 0 Å². The molecule has 2 aromatic carbocycles. The normalized spacial score (nSPS) is 11.0. The van der Waals surface area contributed by atoms with Crippen molar-refractivity contribution in [1.29, 1.82) is 10.5 Å². The summed E-state index contributed by atoms with van der Waals surface area (Å²) in [6, 6.07) is 19.6. The molecule has 4 heteroatoms. The molecule has 0 radical (unpaired) electrons. The minimum absolute atomic E-state index is 0.277. The summed E-state index contributed by atoms with van der Waals surface area (Å²) in [6.07, 6.45) is 1.82. The number of hydrogen-bond acceptors (Lipinski definition) is 2. The van der Waals surface area contributed by atoms with Crippen LogP contribution in [0.4, 0.5) is 4.39 Å². The molecule has 126 valence electrons. The quantitative estimate of drug-likeness (QED) is 0.617. The number of nitrogens with zero attached hydrogens (tertiary/aromatic N) is 3. The third-order valence-electron chi connectivity index (χ3n) is 4.28. The zero-order valence-electron chi connectivity index (χ0n) is 14.5. The second kappa shape index (κ2) is 7.09. The largest absolute Gasteiger partial charge is 0.318 e. The van der Waals surface area contributed by atoms with Crippen molar-refractivity contribution in [1.82, 2.24) is 4.57 Å². The molecular weight excluding hydrogens is 325 g/mol. The highest BCUT2D eigenvalue weighted by atomic mass is 19.1. The molecular formula is C22H16FN3. The SMILES string of the molecule is Cc1cc(/C=C(/C#N)c2cccc(C#N)c2)c(C)n1-c1ccc(F)cc1. The number of rotatable bonds is 3. The molecule has 0 aliphatic heterocycles. The number of allylic oxidation sites excluding steroid dienone is 1. The van der Waals surface area contributed by atoms with Crippen molar-refractivity contribution in [3.05, 3.63) is 88.5 Å². The molecule has 0 bridgehead atoms. The Bertz CT molecular complexity index is 1070. The average molecular weight is 341 g/mol. The lowest BCUT2D eigenvalue weighted by atomic mass is 10.0.